The van der Waals surface area contributed by atoms with Gasteiger partial charge in [0.25, 0.3) is 10.0 Å². The number of amides is 2. The minimum Gasteiger partial charge on any atom is -0.354 e. The van der Waals surface area contributed by atoms with Crippen LogP contribution in [0, 0.1) is 6.92 Å². The minimum atomic E-state index is -4.07. The molecule has 0 fully saturated rings. The first-order valence-corrected chi connectivity index (χ1v) is 14.4. The molecule has 1 atom stereocenters. The standard InChI is InChI=1S/C30H37N3O4S/c1-5-20-31-30(35)24(4)32(21-26-16-11-10-14-23(26)3)29(34)22-33(28-19-13-12-15-25(28)6-2)38(36,37)27-17-8-7-9-18-27/h7-19,24H,5-6,20-22H2,1-4H3,(H,31,35)/t24-/m1/s1. The number of nitrogens with zero attached hydrogens (tertiary/aromatic N) is 2. The van der Waals surface area contributed by atoms with Gasteiger partial charge in [0.2, 0.25) is 11.8 Å². The number of hydrogen-bond donors (Lipinski definition) is 1. The summed E-state index contributed by atoms with van der Waals surface area (Å²) in [7, 11) is -4.07. The molecule has 2 amide bonds. The van der Waals surface area contributed by atoms with Crippen LogP contribution >= 0.6 is 0 Å². The Morgan fingerprint density at radius 3 is 2.11 bits per heavy atom. The van der Waals surface area contributed by atoms with E-state index in [1.165, 1.54) is 21.3 Å². The maximum atomic E-state index is 14.0. The van der Waals surface area contributed by atoms with Crippen LogP contribution in [-0.4, -0.2) is 44.3 Å². The van der Waals surface area contributed by atoms with Crippen LogP contribution in [0.1, 0.15) is 43.9 Å². The van der Waals surface area contributed by atoms with Gasteiger partial charge in [0.1, 0.15) is 12.6 Å². The van der Waals surface area contributed by atoms with E-state index in [0.717, 1.165) is 23.1 Å². The van der Waals surface area contributed by atoms with E-state index in [1.54, 1.807) is 37.3 Å². The van der Waals surface area contributed by atoms with Gasteiger partial charge in [0.15, 0.2) is 0 Å². The van der Waals surface area contributed by atoms with Gasteiger partial charge in [-0.1, -0.05) is 74.5 Å². The fraction of sp³-hybridized carbons (Fsp3) is 0.333. The van der Waals surface area contributed by atoms with E-state index < -0.39 is 28.5 Å². The van der Waals surface area contributed by atoms with Gasteiger partial charge in [-0.25, -0.2) is 8.42 Å². The van der Waals surface area contributed by atoms with Crippen molar-refractivity contribution in [2.45, 2.75) is 58.0 Å². The number of carbonyl (C=O) groups excluding carboxylic acids is 2. The van der Waals surface area contributed by atoms with Gasteiger partial charge >= 0.3 is 0 Å². The Bertz CT molecular complexity index is 1340. The molecule has 0 radical (unpaired) electrons. The van der Waals surface area contributed by atoms with Crippen molar-refractivity contribution in [2.75, 3.05) is 17.4 Å². The third-order valence-electron chi connectivity index (χ3n) is 6.57. The van der Waals surface area contributed by atoms with Crippen LogP contribution in [0.3, 0.4) is 0 Å². The number of sulfonamides is 1. The van der Waals surface area contributed by atoms with Crippen molar-refractivity contribution in [1.29, 1.82) is 0 Å². The number of aryl methyl sites for hydroxylation is 2. The zero-order valence-corrected chi connectivity index (χ0v) is 23.4. The molecule has 0 saturated heterocycles. The molecule has 3 aromatic rings. The molecular formula is C30H37N3O4S. The normalized spacial score (nSPS) is 12.0. The number of anilines is 1. The highest BCUT2D eigenvalue weighted by molar-refractivity contribution is 7.92. The van der Waals surface area contributed by atoms with Gasteiger partial charge in [0.05, 0.1) is 10.6 Å². The quantitative estimate of drug-likeness (QED) is 0.364. The molecule has 0 heterocycles. The Labute approximate surface area is 226 Å². The van der Waals surface area contributed by atoms with Gasteiger partial charge in [-0.15, -0.1) is 0 Å². The first-order chi connectivity index (χ1) is 18.2. The smallest absolute Gasteiger partial charge is 0.264 e. The van der Waals surface area contributed by atoms with E-state index in [0.29, 0.717) is 18.7 Å². The first-order valence-electron chi connectivity index (χ1n) is 13.0. The zero-order chi connectivity index (χ0) is 27.7. The number of carbonyl (C=O) groups is 2. The molecule has 0 aliphatic rings. The van der Waals surface area contributed by atoms with Gasteiger partial charge in [-0.2, -0.15) is 0 Å². The summed E-state index contributed by atoms with van der Waals surface area (Å²) in [6.45, 7) is 7.76. The lowest BCUT2D eigenvalue weighted by Crippen LogP contribution is -2.51. The Morgan fingerprint density at radius 1 is 0.868 bits per heavy atom. The minimum absolute atomic E-state index is 0.0953. The van der Waals surface area contributed by atoms with E-state index in [9.17, 15) is 18.0 Å². The molecule has 1 N–H and O–H groups in total. The van der Waals surface area contributed by atoms with Crippen molar-refractivity contribution in [3.05, 3.63) is 95.6 Å². The summed E-state index contributed by atoms with van der Waals surface area (Å²) in [5.41, 5.74) is 3.13. The second kappa shape index (κ2) is 13.2. The number of rotatable bonds is 12. The monoisotopic (exact) mass is 535 g/mol. The first kappa shape index (κ1) is 28.9. The topological polar surface area (TPSA) is 86.8 Å². The lowest BCUT2D eigenvalue weighted by molar-refractivity contribution is -0.139. The summed E-state index contributed by atoms with van der Waals surface area (Å²) < 4.78 is 29.0. The van der Waals surface area contributed by atoms with Crippen LogP contribution in [-0.2, 0) is 32.6 Å². The van der Waals surface area contributed by atoms with Crippen molar-refractivity contribution < 1.29 is 18.0 Å². The van der Waals surface area contributed by atoms with Gasteiger partial charge in [-0.3, -0.25) is 13.9 Å². The fourth-order valence-electron chi connectivity index (χ4n) is 4.24. The molecule has 202 valence electrons. The number of para-hydroxylation sites is 1. The average Bonchev–Trinajstić information content (AvgIpc) is 2.94. The van der Waals surface area contributed by atoms with E-state index in [-0.39, 0.29) is 17.3 Å². The summed E-state index contributed by atoms with van der Waals surface area (Å²) in [6, 6.07) is 22.2. The molecule has 0 aromatic heterocycles. The maximum absolute atomic E-state index is 14.0. The van der Waals surface area contributed by atoms with Crippen LogP contribution in [0.15, 0.2) is 83.8 Å². The molecular weight excluding hydrogens is 498 g/mol. The van der Waals surface area contributed by atoms with Gasteiger partial charge < -0.3 is 10.2 Å². The fourth-order valence-corrected chi connectivity index (χ4v) is 5.71. The SMILES string of the molecule is CCCNC(=O)[C@@H](C)N(Cc1ccccc1C)C(=O)CN(c1ccccc1CC)S(=O)(=O)c1ccccc1. The van der Waals surface area contributed by atoms with E-state index >= 15 is 0 Å². The molecule has 7 nitrogen and oxygen atoms in total. The number of hydrogen-bond acceptors (Lipinski definition) is 4. The molecule has 0 bridgehead atoms. The van der Waals surface area contributed by atoms with Crippen LogP contribution in [0.5, 0.6) is 0 Å². The molecule has 0 aliphatic heterocycles. The highest BCUT2D eigenvalue weighted by atomic mass is 32.2. The Morgan fingerprint density at radius 2 is 1.47 bits per heavy atom. The highest BCUT2D eigenvalue weighted by Gasteiger charge is 2.33. The highest BCUT2D eigenvalue weighted by Crippen LogP contribution is 2.28. The molecule has 3 rings (SSSR count). The summed E-state index contributed by atoms with van der Waals surface area (Å²) in [5, 5.41) is 2.86. The Kier molecular flexibility index (Phi) is 10.1. The van der Waals surface area contributed by atoms with E-state index in [1.807, 2.05) is 57.2 Å². The lowest BCUT2D eigenvalue weighted by Gasteiger charge is -2.33. The third-order valence-corrected chi connectivity index (χ3v) is 8.34. The molecule has 0 saturated carbocycles. The number of benzene rings is 3. The molecule has 8 heteroatoms. The second-order valence-electron chi connectivity index (χ2n) is 9.22. The predicted molar refractivity (Wildman–Crippen MR) is 151 cm³/mol. The second-order valence-corrected chi connectivity index (χ2v) is 11.1. The Balaban J connectivity index is 2.05. The summed E-state index contributed by atoms with van der Waals surface area (Å²) in [4.78, 5) is 28.5. The molecule has 3 aromatic carbocycles. The van der Waals surface area contributed by atoms with Crippen LogP contribution in [0.4, 0.5) is 5.69 Å². The van der Waals surface area contributed by atoms with Crippen molar-refractivity contribution in [2.24, 2.45) is 0 Å². The average molecular weight is 536 g/mol. The lowest BCUT2D eigenvalue weighted by atomic mass is 10.1. The predicted octanol–water partition coefficient (Wildman–Crippen LogP) is 4.70. The van der Waals surface area contributed by atoms with Crippen LogP contribution < -0.4 is 9.62 Å². The summed E-state index contributed by atoms with van der Waals surface area (Å²) >= 11 is 0. The van der Waals surface area contributed by atoms with Crippen molar-refractivity contribution in [1.82, 2.24) is 10.2 Å². The van der Waals surface area contributed by atoms with Crippen molar-refractivity contribution >= 4 is 27.5 Å². The molecule has 38 heavy (non-hydrogen) atoms. The largest absolute Gasteiger partial charge is 0.354 e. The Hall–Kier alpha value is -3.65. The summed E-state index contributed by atoms with van der Waals surface area (Å²) in [5.74, 6) is -0.738. The van der Waals surface area contributed by atoms with Crippen molar-refractivity contribution in [3.8, 4) is 0 Å². The molecule has 0 spiro atoms. The molecule has 0 unspecified atom stereocenters. The van der Waals surface area contributed by atoms with E-state index in [2.05, 4.69) is 5.32 Å². The van der Waals surface area contributed by atoms with Gasteiger partial charge in [0, 0.05) is 13.1 Å². The van der Waals surface area contributed by atoms with Gasteiger partial charge in [-0.05, 0) is 61.6 Å². The molecule has 0 aliphatic carbocycles. The third kappa shape index (κ3) is 6.81. The van der Waals surface area contributed by atoms with Crippen LogP contribution in [0.25, 0.3) is 0 Å². The van der Waals surface area contributed by atoms with Crippen LogP contribution in [0.2, 0.25) is 0 Å². The van der Waals surface area contributed by atoms with E-state index in [4.69, 9.17) is 0 Å². The number of nitrogens with one attached hydrogen (secondary N) is 1. The maximum Gasteiger partial charge on any atom is 0.264 e. The van der Waals surface area contributed by atoms with Crippen molar-refractivity contribution in [3.63, 3.8) is 0 Å². The zero-order valence-electron chi connectivity index (χ0n) is 22.6. The summed E-state index contributed by atoms with van der Waals surface area (Å²) in [6.07, 6.45) is 1.36.